The molecular weight excluding hydrogens is 236 g/mol. The quantitative estimate of drug-likeness (QED) is 0.445. The van der Waals surface area contributed by atoms with E-state index in [2.05, 4.69) is 30.7 Å². The van der Waals surface area contributed by atoms with Crippen molar-refractivity contribution in [2.75, 3.05) is 5.43 Å². The van der Waals surface area contributed by atoms with Gasteiger partial charge in [-0.15, -0.1) is 0 Å². The molecule has 4 N–H and O–H groups in total. The van der Waals surface area contributed by atoms with Crippen molar-refractivity contribution >= 4 is 17.0 Å². The lowest BCUT2D eigenvalue weighted by molar-refractivity contribution is 0.468. The smallest absolute Gasteiger partial charge is 0.242 e. The predicted molar refractivity (Wildman–Crippen MR) is 62.8 cm³/mol. The largest absolute Gasteiger partial charge is 0.435 e. The van der Waals surface area contributed by atoms with E-state index in [1.165, 1.54) is 0 Å². The van der Waals surface area contributed by atoms with E-state index in [0.717, 1.165) is 0 Å². The van der Waals surface area contributed by atoms with Gasteiger partial charge < -0.3 is 4.74 Å². The number of ether oxygens (including phenoxy) is 1. The average Bonchev–Trinajstić information content (AvgIpc) is 2.98. The van der Waals surface area contributed by atoms with Crippen molar-refractivity contribution in [3.05, 3.63) is 18.6 Å². The van der Waals surface area contributed by atoms with Gasteiger partial charge in [-0.1, -0.05) is 0 Å². The highest BCUT2D eigenvalue weighted by atomic mass is 16.5. The number of fused-ring (bicyclic) bond motifs is 1. The summed E-state index contributed by atoms with van der Waals surface area (Å²) in [5.74, 6) is 6.46. The van der Waals surface area contributed by atoms with Crippen molar-refractivity contribution in [3.63, 3.8) is 0 Å². The molecule has 3 aromatic heterocycles. The van der Waals surface area contributed by atoms with Crippen molar-refractivity contribution in [2.45, 2.75) is 0 Å². The van der Waals surface area contributed by atoms with Gasteiger partial charge in [-0.05, 0) is 0 Å². The number of nitrogens with two attached hydrogens (primary N) is 1. The van der Waals surface area contributed by atoms with E-state index in [9.17, 15) is 0 Å². The molecule has 0 saturated carbocycles. The number of nitrogens with one attached hydrogen (secondary N) is 2. The molecule has 0 atom stereocenters. The van der Waals surface area contributed by atoms with Gasteiger partial charge in [-0.3, -0.25) is 15.2 Å². The normalized spacial score (nSPS) is 10.8. The molecule has 0 unspecified atom stereocenters. The number of hydrazine groups is 1. The minimum Gasteiger partial charge on any atom is -0.435 e. The Morgan fingerprint density at radius 3 is 3.00 bits per heavy atom. The topological polar surface area (TPSA) is 120 Å². The van der Waals surface area contributed by atoms with Gasteiger partial charge in [0.1, 0.15) is 5.39 Å². The van der Waals surface area contributed by atoms with Crippen molar-refractivity contribution in [1.29, 1.82) is 0 Å². The monoisotopic (exact) mass is 246 g/mol. The highest BCUT2D eigenvalue weighted by molar-refractivity contribution is 5.80. The number of aromatic amines is 1. The minimum absolute atomic E-state index is 0.241. The lowest BCUT2D eigenvalue weighted by atomic mass is 10.4. The van der Waals surface area contributed by atoms with E-state index >= 15 is 0 Å². The fraction of sp³-hybridized carbons (Fsp3) is 0.111. The first-order valence-corrected chi connectivity index (χ1v) is 5.10. The molecule has 9 nitrogen and oxygen atoms in total. The van der Waals surface area contributed by atoms with Gasteiger partial charge >= 0.3 is 0 Å². The summed E-state index contributed by atoms with van der Waals surface area (Å²) in [6.45, 7) is 0. The van der Waals surface area contributed by atoms with Crippen LogP contribution in [0.25, 0.3) is 11.0 Å². The van der Waals surface area contributed by atoms with Gasteiger partial charge in [0.15, 0.2) is 11.4 Å². The van der Waals surface area contributed by atoms with Crippen LogP contribution in [0.4, 0.5) is 5.95 Å². The molecule has 0 bridgehead atoms. The molecule has 0 fully saturated rings. The Morgan fingerprint density at radius 2 is 2.28 bits per heavy atom. The van der Waals surface area contributed by atoms with Crippen molar-refractivity contribution < 1.29 is 4.74 Å². The molecule has 92 valence electrons. The van der Waals surface area contributed by atoms with E-state index in [0.29, 0.717) is 22.7 Å². The summed E-state index contributed by atoms with van der Waals surface area (Å²) >= 11 is 0. The summed E-state index contributed by atoms with van der Waals surface area (Å²) in [6, 6.07) is 0. The van der Waals surface area contributed by atoms with Gasteiger partial charge in [0.2, 0.25) is 11.8 Å². The van der Waals surface area contributed by atoms with E-state index < -0.39 is 0 Å². The first-order valence-electron chi connectivity index (χ1n) is 5.10. The highest BCUT2D eigenvalue weighted by Crippen LogP contribution is 2.26. The van der Waals surface area contributed by atoms with E-state index in [-0.39, 0.29) is 5.95 Å². The maximum absolute atomic E-state index is 5.62. The molecule has 3 aromatic rings. The van der Waals surface area contributed by atoms with Crippen LogP contribution in [0.5, 0.6) is 11.6 Å². The Hall–Kier alpha value is -2.68. The summed E-state index contributed by atoms with van der Waals surface area (Å²) in [6.07, 6.45) is 4.90. The Bertz CT molecular complexity index is 687. The zero-order chi connectivity index (χ0) is 12.5. The molecule has 0 aliphatic rings. The average molecular weight is 246 g/mol. The molecule has 0 radical (unpaired) electrons. The van der Waals surface area contributed by atoms with Gasteiger partial charge in [0.05, 0.1) is 18.6 Å². The van der Waals surface area contributed by atoms with Crippen LogP contribution in [0.3, 0.4) is 0 Å². The van der Waals surface area contributed by atoms with Crippen molar-refractivity contribution in [1.82, 2.24) is 29.9 Å². The molecule has 0 saturated heterocycles. The standard InChI is InChI=1S/C9H10N8O/c1-17-4-5(2-12-17)18-8-6-3-11-16-7(6)13-9(14-8)15-10/h2-4H,10H2,1H3,(H2,11,13,14,15,16). The van der Waals surface area contributed by atoms with Crippen LogP contribution in [0.15, 0.2) is 18.6 Å². The molecular formula is C9H10N8O. The zero-order valence-corrected chi connectivity index (χ0v) is 9.45. The van der Waals surface area contributed by atoms with Crippen LogP contribution in [0.1, 0.15) is 0 Å². The molecule has 0 aliphatic carbocycles. The molecule has 3 heterocycles. The SMILES string of the molecule is Cn1cc(Oc2nc(NN)nc3[nH]ncc23)cn1. The first kappa shape index (κ1) is 10.5. The molecule has 0 aliphatic heterocycles. The second-order valence-corrected chi connectivity index (χ2v) is 3.58. The molecule has 3 rings (SSSR count). The number of anilines is 1. The zero-order valence-electron chi connectivity index (χ0n) is 9.45. The van der Waals surface area contributed by atoms with E-state index in [1.54, 1.807) is 30.3 Å². The number of rotatable bonds is 3. The number of hydrogen-bond donors (Lipinski definition) is 3. The number of aromatic nitrogens is 6. The fourth-order valence-corrected chi connectivity index (χ4v) is 1.51. The summed E-state index contributed by atoms with van der Waals surface area (Å²) < 4.78 is 7.25. The second kappa shape index (κ2) is 3.96. The first-order chi connectivity index (χ1) is 8.76. The van der Waals surface area contributed by atoms with Gasteiger partial charge in [-0.25, -0.2) is 5.84 Å². The third kappa shape index (κ3) is 1.72. The Kier molecular flexibility index (Phi) is 2.31. The van der Waals surface area contributed by atoms with Gasteiger partial charge in [0.25, 0.3) is 0 Å². The van der Waals surface area contributed by atoms with E-state index in [4.69, 9.17) is 10.6 Å². The van der Waals surface area contributed by atoms with Crippen LogP contribution in [-0.4, -0.2) is 29.9 Å². The molecule has 0 spiro atoms. The van der Waals surface area contributed by atoms with Crippen molar-refractivity contribution in [3.8, 4) is 11.6 Å². The number of H-pyrrole nitrogens is 1. The molecule has 9 heteroatoms. The lowest BCUT2D eigenvalue weighted by Gasteiger charge is -2.04. The van der Waals surface area contributed by atoms with Gasteiger partial charge in [0, 0.05) is 7.05 Å². The van der Waals surface area contributed by atoms with Crippen LogP contribution < -0.4 is 16.0 Å². The van der Waals surface area contributed by atoms with Crippen LogP contribution in [-0.2, 0) is 7.05 Å². The Balaban J connectivity index is 2.06. The number of aryl methyl sites for hydroxylation is 1. The third-order valence-electron chi connectivity index (χ3n) is 2.30. The van der Waals surface area contributed by atoms with Crippen LogP contribution >= 0.6 is 0 Å². The lowest BCUT2D eigenvalue weighted by Crippen LogP contribution is -2.10. The third-order valence-corrected chi connectivity index (χ3v) is 2.30. The molecule has 18 heavy (non-hydrogen) atoms. The Labute approximate surface area is 101 Å². The molecule has 0 aromatic carbocycles. The van der Waals surface area contributed by atoms with Crippen LogP contribution in [0, 0.1) is 0 Å². The maximum atomic E-state index is 5.62. The summed E-state index contributed by atoms with van der Waals surface area (Å²) in [7, 11) is 1.80. The highest BCUT2D eigenvalue weighted by Gasteiger charge is 2.11. The number of nitrogen functional groups attached to an aromatic ring is 1. The molecule has 0 amide bonds. The van der Waals surface area contributed by atoms with Crippen molar-refractivity contribution in [2.24, 2.45) is 12.9 Å². The van der Waals surface area contributed by atoms with Crippen LogP contribution in [0.2, 0.25) is 0 Å². The number of hydrogen-bond acceptors (Lipinski definition) is 7. The second-order valence-electron chi connectivity index (χ2n) is 3.58. The van der Waals surface area contributed by atoms with E-state index in [1.807, 2.05) is 0 Å². The minimum atomic E-state index is 0.241. The number of nitrogens with zero attached hydrogens (tertiary/aromatic N) is 5. The summed E-state index contributed by atoms with van der Waals surface area (Å²) in [4.78, 5) is 8.22. The Morgan fingerprint density at radius 1 is 1.39 bits per heavy atom. The fourth-order valence-electron chi connectivity index (χ4n) is 1.51. The maximum Gasteiger partial charge on any atom is 0.242 e. The summed E-state index contributed by atoms with van der Waals surface area (Å²) in [5.41, 5.74) is 2.91. The van der Waals surface area contributed by atoms with Gasteiger partial charge in [-0.2, -0.15) is 20.2 Å². The summed E-state index contributed by atoms with van der Waals surface area (Å²) in [5, 5.41) is 11.3. The predicted octanol–water partition coefficient (Wildman–Crippen LogP) is 0.164.